The van der Waals surface area contributed by atoms with E-state index in [9.17, 15) is 9.59 Å². The van der Waals surface area contributed by atoms with Crippen molar-refractivity contribution in [1.29, 1.82) is 0 Å². The van der Waals surface area contributed by atoms with Crippen molar-refractivity contribution in [2.24, 2.45) is 5.41 Å². The first-order valence-corrected chi connectivity index (χ1v) is 8.31. The van der Waals surface area contributed by atoms with Gasteiger partial charge in [-0.2, -0.15) is 0 Å². The first-order valence-electron chi connectivity index (χ1n) is 8.31. The van der Waals surface area contributed by atoms with Crippen LogP contribution in [0.5, 0.6) is 0 Å². The van der Waals surface area contributed by atoms with Crippen LogP contribution >= 0.6 is 0 Å². The Morgan fingerprint density at radius 3 is 2.41 bits per heavy atom. The van der Waals surface area contributed by atoms with Gasteiger partial charge in [0.1, 0.15) is 11.2 Å². The first kappa shape index (κ1) is 17.1. The molecule has 1 spiro atoms. The van der Waals surface area contributed by atoms with Crippen LogP contribution in [0.15, 0.2) is 0 Å². The predicted octanol–water partition coefficient (Wildman–Crippen LogP) is 3.51. The molecular weight excluding hydrogens is 282 g/mol. The van der Waals surface area contributed by atoms with Crippen LogP contribution in [0.1, 0.15) is 66.7 Å². The molecule has 126 valence electrons. The Balaban J connectivity index is 1.95. The summed E-state index contributed by atoms with van der Waals surface area (Å²) in [6, 6.07) is 0. The molecule has 0 saturated carbocycles. The molecule has 0 N–H and O–H groups in total. The molecule has 0 aromatic heterocycles. The van der Waals surface area contributed by atoms with Crippen LogP contribution in [0.4, 0.5) is 4.79 Å². The fourth-order valence-corrected chi connectivity index (χ4v) is 3.58. The second-order valence-electron chi connectivity index (χ2n) is 8.03. The van der Waals surface area contributed by atoms with Gasteiger partial charge in [-0.1, -0.05) is 13.3 Å². The van der Waals surface area contributed by atoms with Crippen LogP contribution in [0.3, 0.4) is 0 Å². The number of esters is 1. The lowest BCUT2D eigenvalue weighted by molar-refractivity contribution is -0.156. The SMILES string of the molecule is CCCC1(C)CC2(CCN(C(=O)OC(C)(C)C)CC2)OC1=O. The van der Waals surface area contributed by atoms with E-state index in [0.717, 1.165) is 19.3 Å². The molecule has 0 aromatic rings. The molecule has 2 fully saturated rings. The molecule has 22 heavy (non-hydrogen) atoms. The number of piperidine rings is 1. The fraction of sp³-hybridized carbons (Fsp3) is 0.882. The summed E-state index contributed by atoms with van der Waals surface area (Å²) in [7, 11) is 0. The quantitative estimate of drug-likeness (QED) is 0.732. The highest BCUT2D eigenvalue weighted by Gasteiger charge is 2.54. The smallest absolute Gasteiger partial charge is 0.410 e. The average molecular weight is 311 g/mol. The van der Waals surface area contributed by atoms with Gasteiger partial charge in [-0.3, -0.25) is 4.79 Å². The molecule has 1 atom stereocenters. The van der Waals surface area contributed by atoms with Crippen molar-refractivity contribution < 1.29 is 19.1 Å². The molecule has 2 saturated heterocycles. The van der Waals surface area contributed by atoms with Gasteiger partial charge in [-0.25, -0.2) is 4.79 Å². The number of rotatable bonds is 2. The Labute approximate surface area is 133 Å². The molecule has 2 aliphatic rings. The molecule has 1 amide bonds. The van der Waals surface area contributed by atoms with Crippen molar-refractivity contribution in [3.05, 3.63) is 0 Å². The Kier molecular flexibility index (Phi) is 4.46. The molecule has 0 aliphatic carbocycles. The van der Waals surface area contributed by atoms with Gasteiger partial charge < -0.3 is 14.4 Å². The molecule has 0 bridgehead atoms. The zero-order valence-corrected chi connectivity index (χ0v) is 14.5. The van der Waals surface area contributed by atoms with Gasteiger partial charge in [0, 0.05) is 32.4 Å². The van der Waals surface area contributed by atoms with E-state index in [4.69, 9.17) is 9.47 Å². The van der Waals surface area contributed by atoms with Crippen molar-refractivity contribution in [2.75, 3.05) is 13.1 Å². The van der Waals surface area contributed by atoms with Gasteiger partial charge in [-0.15, -0.1) is 0 Å². The standard InChI is InChI=1S/C17H29NO4/c1-6-7-16(5)12-17(21-13(16)19)8-10-18(11-9-17)14(20)22-15(2,3)4/h6-12H2,1-5H3. The predicted molar refractivity (Wildman–Crippen MR) is 83.5 cm³/mol. The first-order chi connectivity index (χ1) is 10.1. The van der Waals surface area contributed by atoms with Crippen LogP contribution in [0, 0.1) is 5.41 Å². The maximum atomic E-state index is 12.2. The van der Waals surface area contributed by atoms with Crippen LogP contribution in [0.25, 0.3) is 0 Å². The van der Waals surface area contributed by atoms with Gasteiger partial charge in [-0.05, 0) is 34.1 Å². The molecule has 5 nitrogen and oxygen atoms in total. The Bertz CT molecular complexity index is 446. The van der Waals surface area contributed by atoms with E-state index in [1.54, 1.807) is 4.90 Å². The van der Waals surface area contributed by atoms with Gasteiger partial charge in [0.15, 0.2) is 0 Å². The van der Waals surface area contributed by atoms with E-state index in [-0.39, 0.29) is 23.1 Å². The highest BCUT2D eigenvalue weighted by atomic mass is 16.6. The van der Waals surface area contributed by atoms with E-state index in [1.807, 2.05) is 27.7 Å². The Morgan fingerprint density at radius 2 is 1.91 bits per heavy atom. The van der Waals surface area contributed by atoms with Crippen LogP contribution < -0.4 is 0 Å². The van der Waals surface area contributed by atoms with Crippen molar-refractivity contribution >= 4 is 12.1 Å². The normalized spacial score (nSPS) is 27.9. The summed E-state index contributed by atoms with van der Waals surface area (Å²) in [4.78, 5) is 26.1. The zero-order chi connectivity index (χ0) is 16.6. The van der Waals surface area contributed by atoms with E-state index in [0.29, 0.717) is 25.9 Å². The molecule has 5 heteroatoms. The van der Waals surface area contributed by atoms with Crippen molar-refractivity contribution in [1.82, 2.24) is 4.90 Å². The molecule has 1 unspecified atom stereocenters. The number of ether oxygens (including phenoxy) is 2. The van der Waals surface area contributed by atoms with Crippen molar-refractivity contribution in [3.63, 3.8) is 0 Å². The summed E-state index contributed by atoms with van der Waals surface area (Å²) >= 11 is 0. The van der Waals surface area contributed by atoms with Gasteiger partial charge in [0.25, 0.3) is 0 Å². The maximum absolute atomic E-state index is 12.2. The minimum Gasteiger partial charge on any atom is -0.458 e. The summed E-state index contributed by atoms with van der Waals surface area (Å²) in [6.45, 7) is 10.9. The number of hydrogen-bond acceptors (Lipinski definition) is 4. The van der Waals surface area contributed by atoms with Crippen LogP contribution in [-0.2, 0) is 14.3 Å². The summed E-state index contributed by atoms with van der Waals surface area (Å²) < 4.78 is 11.2. The minimum atomic E-state index is -0.480. The van der Waals surface area contributed by atoms with Crippen molar-refractivity contribution in [2.45, 2.75) is 77.9 Å². The summed E-state index contributed by atoms with van der Waals surface area (Å²) in [5, 5.41) is 0. The summed E-state index contributed by atoms with van der Waals surface area (Å²) in [5.74, 6) is -0.0694. The maximum Gasteiger partial charge on any atom is 0.410 e. The van der Waals surface area contributed by atoms with E-state index >= 15 is 0 Å². The zero-order valence-electron chi connectivity index (χ0n) is 14.5. The average Bonchev–Trinajstić information content (AvgIpc) is 2.60. The molecule has 0 radical (unpaired) electrons. The number of amides is 1. The highest BCUT2D eigenvalue weighted by Crippen LogP contribution is 2.48. The lowest BCUT2D eigenvalue weighted by atomic mass is 9.75. The molecular formula is C17H29NO4. The number of nitrogens with zero attached hydrogens (tertiary/aromatic N) is 1. The Hall–Kier alpha value is -1.26. The number of likely N-dealkylation sites (tertiary alicyclic amines) is 1. The second-order valence-corrected chi connectivity index (χ2v) is 8.03. The third-order valence-electron chi connectivity index (χ3n) is 4.64. The second kappa shape index (κ2) is 5.74. The third-order valence-corrected chi connectivity index (χ3v) is 4.64. The lowest BCUT2D eigenvalue weighted by Gasteiger charge is -2.38. The van der Waals surface area contributed by atoms with E-state index in [1.165, 1.54) is 0 Å². The highest BCUT2D eigenvalue weighted by molar-refractivity contribution is 5.79. The number of carbonyl (C=O) groups excluding carboxylic acids is 2. The number of carbonyl (C=O) groups is 2. The molecule has 0 aromatic carbocycles. The van der Waals surface area contributed by atoms with Crippen LogP contribution in [0.2, 0.25) is 0 Å². The van der Waals surface area contributed by atoms with Gasteiger partial charge in [0.05, 0.1) is 5.41 Å². The monoisotopic (exact) mass is 311 g/mol. The topological polar surface area (TPSA) is 55.8 Å². The molecule has 2 rings (SSSR count). The molecule has 2 heterocycles. The minimum absolute atomic E-state index is 0.0694. The molecule has 2 aliphatic heterocycles. The summed E-state index contributed by atoms with van der Waals surface area (Å²) in [5.41, 5.74) is -1.21. The van der Waals surface area contributed by atoms with E-state index < -0.39 is 5.60 Å². The van der Waals surface area contributed by atoms with E-state index in [2.05, 4.69) is 6.92 Å². The van der Waals surface area contributed by atoms with Crippen LogP contribution in [-0.4, -0.2) is 41.3 Å². The third kappa shape index (κ3) is 3.55. The van der Waals surface area contributed by atoms with Gasteiger partial charge in [0.2, 0.25) is 0 Å². The Morgan fingerprint density at radius 1 is 1.32 bits per heavy atom. The fourth-order valence-electron chi connectivity index (χ4n) is 3.58. The summed E-state index contributed by atoms with van der Waals surface area (Å²) in [6.07, 6.45) is 3.75. The van der Waals surface area contributed by atoms with Gasteiger partial charge >= 0.3 is 12.1 Å². The van der Waals surface area contributed by atoms with Crippen molar-refractivity contribution in [3.8, 4) is 0 Å². The largest absolute Gasteiger partial charge is 0.458 e. The number of hydrogen-bond donors (Lipinski definition) is 0. The lowest BCUT2D eigenvalue weighted by Crippen LogP contribution is -2.48.